The van der Waals surface area contributed by atoms with Gasteiger partial charge >= 0.3 is 12.0 Å². The minimum atomic E-state index is -0.929. The van der Waals surface area contributed by atoms with Gasteiger partial charge in [0.1, 0.15) is 5.75 Å². The van der Waals surface area contributed by atoms with E-state index in [1.165, 1.54) is 7.11 Å². The number of oxime groups is 1. The number of benzene rings is 2. The number of ether oxygens (including phenoxy) is 1. The van der Waals surface area contributed by atoms with Gasteiger partial charge in [0.2, 0.25) is 11.8 Å². The SMILES string of the molecule is COc1ccc(Cl)cc1C[C@@H]1CN/C(=N\Oc2ccccn2)CN(C(=O)N[C@H](C)c2ccc(CC(=O)O)cc2)C1=O. The minimum absolute atomic E-state index is 0.0994. The molecule has 41 heavy (non-hydrogen) atoms. The minimum Gasteiger partial charge on any atom is -0.496 e. The van der Waals surface area contributed by atoms with E-state index in [4.69, 9.17) is 26.3 Å². The number of aromatic nitrogens is 1. The van der Waals surface area contributed by atoms with E-state index in [1.807, 2.05) is 0 Å². The summed E-state index contributed by atoms with van der Waals surface area (Å²) < 4.78 is 5.46. The highest BCUT2D eigenvalue weighted by Crippen LogP contribution is 2.26. The number of hydrogen-bond acceptors (Lipinski definition) is 7. The van der Waals surface area contributed by atoms with Crippen LogP contribution in [0.1, 0.15) is 29.7 Å². The molecule has 12 heteroatoms. The quantitative estimate of drug-likeness (QED) is 0.325. The van der Waals surface area contributed by atoms with Gasteiger partial charge in [-0.05, 0) is 54.3 Å². The van der Waals surface area contributed by atoms with Gasteiger partial charge in [-0.25, -0.2) is 9.78 Å². The molecular formula is C29H30ClN5O6. The molecule has 1 aromatic heterocycles. The van der Waals surface area contributed by atoms with Crippen molar-refractivity contribution in [3.05, 3.63) is 88.6 Å². The Labute approximate surface area is 242 Å². The number of carboxylic acid groups (broad SMARTS) is 1. The van der Waals surface area contributed by atoms with Crippen molar-refractivity contribution in [2.75, 3.05) is 20.2 Å². The second-order valence-electron chi connectivity index (χ2n) is 9.44. The van der Waals surface area contributed by atoms with E-state index in [9.17, 15) is 14.4 Å². The third kappa shape index (κ3) is 7.95. The molecule has 0 bridgehead atoms. The smallest absolute Gasteiger partial charge is 0.325 e. The highest BCUT2D eigenvalue weighted by atomic mass is 35.5. The number of nitrogens with one attached hydrogen (secondary N) is 2. The first kappa shape index (κ1) is 29.3. The van der Waals surface area contributed by atoms with Crippen LogP contribution in [0.3, 0.4) is 0 Å². The van der Waals surface area contributed by atoms with Crippen molar-refractivity contribution in [3.63, 3.8) is 0 Å². The van der Waals surface area contributed by atoms with Crippen molar-refractivity contribution < 1.29 is 29.1 Å². The molecular weight excluding hydrogens is 550 g/mol. The van der Waals surface area contributed by atoms with Crippen molar-refractivity contribution in [1.82, 2.24) is 20.5 Å². The van der Waals surface area contributed by atoms with E-state index in [0.717, 1.165) is 16.0 Å². The molecule has 2 aromatic carbocycles. The Balaban J connectivity index is 1.56. The van der Waals surface area contributed by atoms with Crippen LogP contribution in [0.2, 0.25) is 5.02 Å². The molecule has 3 aromatic rings. The summed E-state index contributed by atoms with van der Waals surface area (Å²) >= 11 is 6.21. The van der Waals surface area contributed by atoms with Gasteiger partial charge in [-0.15, -0.1) is 0 Å². The first-order chi connectivity index (χ1) is 19.7. The van der Waals surface area contributed by atoms with Gasteiger partial charge in [0, 0.05) is 23.8 Å². The van der Waals surface area contributed by atoms with Crippen molar-refractivity contribution in [1.29, 1.82) is 0 Å². The van der Waals surface area contributed by atoms with Gasteiger partial charge < -0.3 is 25.3 Å². The fourth-order valence-electron chi connectivity index (χ4n) is 4.35. The fraction of sp³-hybridized carbons (Fsp3) is 0.276. The lowest BCUT2D eigenvalue weighted by molar-refractivity contribution is -0.136. The zero-order valence-electron chi connectivity index (χ0n) is 22.5. The third-order valence-corrected chi connectivity index (χ3v) is 6.73. The molecule has 0 saturated carbocycles. The molecule has 1 aliphatic heterocycles. The summed E-state index contributed by atoms with van der Waals surface area (Å²) in [5.74, 6) is -0.888. The molecule has 1 saturated heterocycles. The monoisotopic (exact) mass is 579 g/mol. The lowest BCUT2D eigenvalue weighted by Crippen LogP contribution is -2.48. The maximum atomic E-state index is 13.7. The number of carbonyl (C=O) groups excluding carboxylic acids is 2. The van der Waals surface area contributed by atoms with Crippen molar-refractivity contribution in [2.45, 2.75) is 25.8 Å². The number of urea groups is 1. The Bertz CT molecular complexity index is 1420. The van der Waals surface area contributed by atoms with Crippen LogP contribution in [-0.2, 0) is 22.4 Å². The lowest BCUT2D eigenvalue weighted by Gasteiger charge is -2.25. The van der Waals surface area contributed by atoms with E-state index < -0.39 is 29.9 Å². The van der Waals surface area contributed by atoms with Gasteiger partial charge in [-0.2, -0.15) is 0 Å². The summed E-state index contributed by atoms with van der Waals surface area (Å²) in [6, 6.07) is 16.1. The highest BCUT2D eigenvalue weighted by molar-refractivity contribution is 6.30. The van der Waals surface area contributed by atoms with Crippen LogP contribution in [0.25, 0.3) is 0 Å². The summed E-state index contributed by atoms with van der Waals surface area (Å²) in [4.78, 5) is 48.8. The number of halogens is 1. The highest BCUT2D eigenvalue weighted by Gasteiger charge is 2.34. The third-order valence-electron chi connectivity index (χ3n) is 6.49. The molecule has 2 heterocycles. The summed E-state index contributed by atoms with van der Waals surface area (Å²) in [5.41, 5.74) is 2.11. The van der Waals surface area contributed by atoms with Gasteiger partial charge in [0.25, 0.3) is 0 Å². The molecule has 0 aliphatic carbocycles. The molecule has 1 fully saturated rings. The van der Waals surface area contributed by atoms with Crippen molar-refractivity contribution in [2.24, 2.45) is 11.1 Å². The molecule has 3 amide bonds. The second-order valence-corrected chi connectivity index (χ2v) is 9.88. The van der Waals surface area contributed by atoms with Crippen LogP contribution in [-0.4, -0.2) is 58.9 Å². The topological polar surface area (TPSA) is 142 Å². The largest absolute Gasteiger partial charge is 0.496 e. The van der Waals surface area contributed by atoms with Gasteiger partial charge in [-0.1, -0.05) is 47.1 Å². The number of carboxylic acids is 1. The number of rotatable bonds is 9. The number of methoxy groups -OCH3 is 1. The molecule has 0 radical (unpaired) electrons. The number of hydrogen-bond donors (Lipinski definition) is 3. The van der Waals surface area contributed by atoms with Crippen molar-refractivity contribution in [3.8, 4) is 11.6 Å². The summed E-state index contributed by atoms with van der Waals surface area (Å²) in [6.45, 7) is 1.80. The molecule has 214 valence electrons. The number of amidine groups is 1. The average Bonchev–Trinajstić information content (AvgIpc) is 3.11. The number of nitrogens with zero attached hydrogens (tertiary/aromatic N) is 3. The predicted octanol–water partition coefficient (Wildman–Crippen LogP) is 3.82. The first-order valence-corrected chi connectivity index (χ1v) is 13.2. The Morgan fingerprint density at radius 1 is 1.22 bits per heavy atom. The van der Waals surface area contributed by atoms with E-state index >= 15 is 0 Å². The molecule has 4 rings (SSSR count). The molecule has 3 N–H and O–H groups in total. The summed E-state index contributed by atoms with van der Waals surface area (Å²) in [6.07, 6.45) is 1.72. The molecule has 11 nitrogen and oxygen atoms in total. The maximum absolute atomic E-state index is 13.7. The van der Waals surface area contributed by atoms with Crippen LogP contribution >= 0.6 is 11.6 Å². The molecule has 0 unspecified atom stereocenters. The molecule has 0 spiro atoms. The van der Waals surface area contributed by atoms with Crippen molar-refractivity contribution >= 4 is 35.3 Å². The van der Waals surface area contributed by atoms with Crippen LogP contribution in [0, 0.1) is 5.92 Å². The normalized spacial score (nSPS) is 16.9. The van der Waals surface area contributed by atoms with Crippen LogP contribution in [0.5, 0.6) is 11.6 Å². The van der Waals surface area contributed by atoms with E-state index in [1.54, 1.807) is 73.8 Å². The Morgan fingerprint density at radius 2 is 2.00 bits per heavy atom. The zero-order chi connectivity index (χ0) is 29.4. The van der Waals surface area contributed by atoms with Crippen LogP contribution < -0.4 is 20.2 Å². The van der Waals surface area contributed by atoms with Crippen LogP contribution in [0.15, 0.2) is 72.0 Å². The lowest BCUT2D eigenvalue weighted by atomic mass is 9.97. The van der Waals surface area contributed by atoms with Gasteiger partial charge in [-0.3, -0.25) is 14.5 Å². The Kier molecular flexibility index (Phi) is 9.75. The standard InChI is InChI=1S/C29H30ClN5O6/c1-18(20-8-6-19(7-9-20)13-27(36)37)33-29(39)35-17-25(34-41-26-5-3-4-12-31-26)32-16-22(28(35)38)14-21-15-23(30)10-11-24(21)40-2/h3-12,15,18,22H,13-14,16-17H2,1-2H3,(H,32,34)(H,33,39)(H,36,37)/t18-,22-/m1/s1. The van der Waals surface area contributed by atoms with E-state index in [-0.39, 0.29) is 37.6 Å². The zero-order valence-corrected chi connectivity index (χ0v) is 23.3. The average molecular weight is 580 g/mol. The first-order valence-electron chi connectivity index (χ1n) is 12.9. The Morgan fingerprint density at radius 3 is 2.68 bits per heavy atom. The van der Waals surface area contributed by atoms with Gasteiger partial charge in [0.15, 0.2) is 5.84 Å². The van der Waals surface area contributed by atoms with E-state index in [2.05, 4.69) is 20.8 Å². The Hall–Kier alpha value is -4.64. The number of amides is 3. The number of aliphatic carboxylic acids is 1. The van der Waals surface area contributed by atoms with E-state index in [0.29, 0.717) is 16.3 Å². The van der Waals surface area contributed by atoms with Gasteiger partial charge in [0.05, 0.1) is 32.0 Å². The summed E-state index contributed by atoms with van der Waals surface area (Å²) in [7, 11) is 1.54. The maximum Gasteiger partial charge on any atom is 0.325 e. The van der Waals surface area contributed by atoms with Crippen LogP contribution in [0.4, 0.5) is 4.79 Å². The molecule has 2 atom stereocenters. The molecule has 1 aliphatic rings. The number of pyridine rings is 1. The fourth-order valence-corrected chi connectivity index (χ4v) is 4.54. The number of imide groups is 1. The number of carbonyl (C=O) groups is 3. The second kappa shape index (κ2) is 13.6. The summed E-state index contributed by atoms with van der Waals surface area (Å²) in [5, 5.41) is 19.6. The predicted molar refractivity (Wildman–Crippen MR) is 152 cm³/mol.